The highest BCUT2D eigenvalue weighted by Crippen LogP contribution is 2.36. The molecule has 0 bridgehead atoms. The van der Waals surface area contributed by atoms with Crippen molar-refractivity contribution in [1.82, 2.24) is 0 Å². The van der Waals surface area contributed by atoms with Gasteiger partial charge in [0.1, 0.15) is 0 Å². The van der Waals surface area contributed by atoms with E-state index in [1.54, 1.807) is 24.3 Å². The van der Waals surface area contributed by atoms with Gasteiger partial charge in [0.15, 0.2) is 6.10 Å². The number of ether oxygens (including phenoxy) is 2. The van der Waals surface area contributed by atoms with Gasteiger partial charge in [-0.25, -0.2) is 4.79 Å². The summed E-state index contributed by atoms with van der Waals surface area (Å²) in [6, 6.07) is 16.4. The molecule has 0 saturated carbocycles. The lowest BCUT2D eigenvalue weighted by Crippen LogP contribution is -2.06. The summed E-state index contributed by atoms with van der Waals surface area (Å²) < 4.78 is 10.9. The second kappa shape index (κ2) is 5.03. The highest BCUT2D eigenvalue weighted by molar-refractivity contribution is 6.30. The van der Waals surface area contributed by atoms with Gasteiger partial charge in [0.25, 0.3) is 0 Å². The number of rotatable bonds is 2. The Balaban J connectivity index is 1.82. The molecule has 0 aliphatic carbocycles. The zero-order chi connectivity index (χ0) is 13.2. The third-order valence-electron chi connectivity index (χ3n) is 2.94. The predicted molar refractivity (Wildman–Crippen MR) is 70.6 cm³/mol. The molecule has 19 heavy (non-hydrogen) atoms. The minimum Gasteiger partial charge on any atom is -0.429 e. The summed E-state index contributed by atoms with van der Waals surface area (Å²) in [6.45, 7) is 0. The molecule has 1 saturated heterocycles. The molecule has 0 N–H and O–H groups in total. The van der Waals surface area contributed by atoms with Gasteiger partial charge in [0, 0.05) is 10.6 Å². The van der Waals surface area contributed by atoms with Gasteiger partial charge in [-0.3, -0.25) is 0 Å². The lowest BCUT2D eigenvalue weighted by molar-refractivity contribution is -0.144. The van der Waals surface area contributed by atoms with Crippen molar-refractivity contribution >= 4 is 17.6 Å². The van der Waals surface area contributed by atoms with Crippen molar-refractivity contribution in [3.05, 3.63) is 70.7 Å². The van der Waals surface area contributed by atoms with Crippen LogP contribution in [0.5, 0.6) is 0 Å². The molecular formula is C15H11ClO3. The molecule has 0 amide bonds. The Hall–Kier alpha value is -1.84. The predicted octanol–water partition coefficient (Wildman–Crippen LogP) is 3.65. The Labute approximate surface area is 115 Å². The zero-order valence-corrected chi connectivity index (χ0v) is 10.7. The molecule has 1 aliphatic rings. The Morgan fingerprint density at radius 3 is 2.26 bits per heavy atom. The lowest BCUT2D eigenvalue weighted by Gasteiger charge is -2.09. The van der Waals surface area contributed by atoms with Crippen molar-refractivity contribution in [3.63, 3.8) is 0 Å². The van der Waals surface area contributed by atoms with Crippen LogP contribution in [0.4, 0.5) is 0 Å². The van der Waals surface area contributed by atoms with E-state index in [0.29, 0.717) is 5.02 Å². The lowest BCUT2D eigenvalue weighted by atomic mass is 10.1. The molecule has 2 aromatic rings. The summed E-state index contributed by atoms with van der Waals surface area (Å²) in [7, 11) is 0. The molecule has 2 aromatic carbocycles. The van der Waals surface area contributed by atoms with Crippen molar-refractivity contribution in [2.24, 2.45) is 0 Å². The summed E-state index contributed by atoms with van der Waals surface area (Å²) in [5.41, 5.74) is 1.57. The van der Waals surface area contributed by atoms with Crippen LogP contribution in [0, 0.1) is 0 Å². The van der Waals surface area contributed by atoms with Crippen LogP contribution in [-0.4, -0.2) is 5.97 Å². The number of cyclic esters (lactones) is 1. The number of hydrogen-bond acceptors (Lipinski definition) is 3. The third kappa shape index (κ3) is 2.48. The maximum atomic E-state index is 11.9. The van der Waals surface area contributed by atoms with Gasteiger partial charge in [-0.05, 0) is 17.7 Å². The van der Waals surface area contributed by atoms with Crippen LogP contribution in [0.2, 0.25) is 5.02 Å². The fourth-order valence-electron chi connectivity index (χ4n) is 1.98. The summed E-state index contributed by atoms with van der Waals surface area (Å²) >= 11 is 5.82. The van der Waals surface area contributed by atoms with E-state index in [9.17, 15) is 4.79 Å². The zero-order valence-electron chi connectivity index (χ0n) is 9.95. The van der Waals surface area contributed by atoms with Gasteiger partial charge in [0.2, 0.25) is 6.29 Å². The summed E-state index contributed by atoms with van der Waals surface area (Å²) in [4.78, 5) is 11.9. The van der Waals surface area contributed by atoms with Crippen molar-refractivity contribution in [2.45, 2.75) is 12.4 Å². The second-order valence-corrected chi connectivity index (χ2v) is 4.68. The van der Waals surface area contributed by atoms with Gasteiger partial charge in [-0.1, -0.05) is 54.1 Å². The first-order valence-electron chi connectivity index (χ1n) is 5.90. The fourth-order valence-corrected chi connectivity index (χ4v) is 2.11. The van der Waals surface area contributed by atoms with Gasteiger partial charge >= 0.3 is 5.97 Å². The van der Waals surface area contributed by atoms with Crippen LogP contribution in [-0.2, 0) is 14.3 Å². The normalized spacial score (nSPS) is 22.3. The molecule has 1 heterocycles. The van der Waals surface area contributed by atoms with Crippen LogP contribution in [0.15, 0.2) is 54.6 Å². The second-order valence-electron chi connectivity index (χ2n) is 4.25. The number of benzene rings is 2. The minimum absolute atomic E-state index is 0.369. The summed E-state index contributed by atoms with van der Waals surface area (Å²) in [5.74, 6) is -0.369. The molecule has 0 aromatic heterocycles. The van der Waals surface area contributed by atoms with Crippen LogP contribution in [0.3, 0.4) is 0 Å². The average molecular weight is 275 g/mol. The van der Waals surface area contributed by atoms with Crippen molar-refractivity contribution in [3.8, 4) is 0 Å². The standard InChI is InChI=1S/C15H11ClO3/c16-12-8-6-11(7-9-12)15-18-13(14(17)19-15)10-4-2-1-3-5-10/h1-9,13,15H. The monoisotopic (exact) mass is 274 g/mol. The molecule has 1 fully saturated rings. The number of hydrogen-bond donors (Lipinski definition) is 0. The molecule has 0 radical (unpaired) electrons. The van der Waals surface area contributed by atoms with Gasteiger partial charge in [-0.15, -0.1) is 0 Å². The van der Waals surface area contributed by atoms with Crippen molar-refractivity contribution in [1.29, 1.82) is 0 Å². The van der Waals surface area contributed by atoms with Crippen molar-refractivity contribution < 1.29 is 14.3 Å². The fraction of sp³-hybridized carbons (Fsp3) is 0.133. The Morgan fingerprint density at radius 2 is 1.58 bits per heavy atom. The average Bonchev–Trinajstić information content (AvgIpc) is 2.83. The SMILES string of the molecule is O=C1OC(c2ccc(Cl)cc2)OC1c1ccccc1. The molecule has 4 heteroatoms. The first-order valence-corrected chi connectivity index (χ1v) is 6.28. The smallest absolute Gasteiger partial charge is 0.342 e. The van der Waals surface area contributed by atoms with E-state index in [2.05, 4.69) is 0 Å². The quantitative estimate of drug-likeness (QED) is 0.784. The van der Waals surface area contributed by atoms with E-state index in [1.165, 1.54) is 0 Å². The van der Waals surface area contributed by atoms with Crippen LogP contribution < -0.4 is 0 Å². The van der Waals surface area contributed by atoms with E-state index < -0.39 is 12.4 Å². The number of esters is 1. The van der Waals surface area contributed by atoms with Gasteiger partial charge in [0.05, 0.1) is 0 Å². The van der Waals surface area contributed by atoms with E-state index in [-0.39, 0.29) is 5.97 Å². The van der Waals surface area contributed by atoms with Crippen LogP contribution >= 0.6 is 11.6 Å². The van der Waals surface area contributed by atoms with Crippen LogP contribution in [0.1, 0.15) is 23.5 Å². The molecule has 1 aliphatic heterocycles. The highest BCUT2D eigenvalue weighted by atomic mass is 35.5. The van der Waals surface area contributed by atoms with E-state index >= 15 is 0 Å². The van der Waals surface area contributed by atoms with E-state index in [0.717, 1.165) is 11.1 Å². The third-order valence-corrected chi connectivity index (χ3v) is 3.19. The first kappa shape index (κ1) is 12.2. The Bertz CT molecular complexity index is 580. The maximum Gasteiger partial charge on any atom is 0.342 e. The minimum atomic E-state index is -0.671. The molecule has 2 atom stereocenters. The summed E-state index contributed by atoms with van der Waals surface area (Å²) in [5, 5.41) is 0.632. The molecule has 2 unspecified atom stereocenters. The van der Waals surface area contributed by atoms with Crippen LogP contribution in [0.25, 0.3) is 0 Å². The molecule has 3 nitrogen and oxygen atoms in total. The highest BCUT2D eigenvalue weighted by Gasteiger charge is 2.37. The maximum absolute atomic E-state index is 11.9. The van der Waals surface area contributed by atoms with E-state index in [4.69, 9.17) is 21.1 Å². The summed E-state index contributed by atoms with van der Waals surface area (Å²) in [6.07, 6.45) is -1.34. The largest absolute Gasteiger partial charge is 0.429 e. The Kier molecular flexibility index (Phi) is 3.23. The molecular weight excluding hydrogens is 264 g/mol. The first-order chi connectivity index (χ1) is 9.24. The number of carbonyl (C=O) groups is 1. The molecule has 3 rings (SSSR count). The van der Waals surface area contributed by atoms with E-state index in [1.807, 2.05) is 30.3 Å². The Morgan fingerprint density at radius 1 is 0.895 bits per heavy atom. The molecule has 96 valence electrons. The molecule has 0 spiro atoms. The van der Waals surface area contributed by atoms with Crippen molar-refractivity contribution in [2.75, 3.05) is 0 Å². The topological polar surface area (TPSA) is 35.5 Å². The number of halogens is 1. The number of carbonyl (C=O) groups excluding carboxylic acids is 1. The van der Waals surface area contributed by atoms with Gasteiger partial charge < -0.3 is 9.47 Å². The van der Waals surface area contributed by atoms with Gasteiger partial charge in [-0.2, -0.15) is 0 Å².